The summed E-state index contributed by atoms with van der Waals surface area (Å²) in [5.74, 6) is 0.521. The lowest BCUT2D eigenvalue weighted by Crippen LogP contribution is -2.12. The lowest BCUT2D eigenvalue weighted by molar-refractivity contribution is 0.392. The summed E-state index contributed by atoms with van der Waals surface area (Å²) in [6.07, 6.45) is 2.39. The number of ether oxygens (including phenoxy) is 1. The smallest absolute Gasteiger partial charge is 0.233 e. The normalized spacial score (nSPS) is 19.1. The maximum Gasteiger partial charge on any atom is 0.233 e. The van der Waals surface area contributed by atoms with Crippen molar-refractivity contribution in [2.75, 3.05) is 13.7 Å². The summed E-state index contributed by atoms with van der Waals surface area (Å²) in [5.41, 5.74) is 1.91. The van der Waals surface area contributed by atoms with Crippen molar-refractivity contribution < 1.29 is 4.74 Å². The van der Waals surface area contributed by atoms with Crippen LogP contribution < -0.4 is 10.1 Å². The van der Waals surface area contributed by atoms with Crippen LogP contribution in [0, 0.1) is 0 Å². The van der Waals surface area contributed by atoms with E-state index in [9.17, 15) is 0 Å². The molecule has 0 aromatic carbocycles. The molecule has 5 nitrogen and oxygen atoms in total. The molecule has 2 aromatic heterocycles. The fraction of sp³-hybridized carbons (Fsp3) is 0.417. The first-order valence-corrected chi connectivity index (χ1v) is 6.81. The second-order valence-electron chi connectivity index (χ2n) is 4.19. The lowest BCUT2D eigenvalue weighted by Gasteiger charge is -2.04. The molecule has 94 valence electrons. The zero-order valence-corrected chi connectivity index (χ0v) is 10.9. The van der Waals surface area contributed by atoms with Crippen LogP contribution in [0.2, 0.25) is 0 Å². The standard InChI is InChI=1S/C12H14N4OS/c1-17-11-5-4-9(15-16-11)12-14-10(7-18-12)8-3-2-6-13-8/h4-5,7-8,13H,2-3,6H2,1H3. The number of hydrogen-bond acceptors (Lipinski definition) is 6. The van der Waals surface area contributed by atoms with Gasteiger partial charge < -0.3 is 10.1 Å². The van der Waals surface area contributed by atoms with Crippen LogP contribution in [0.25, 0.3) is 10.7 Å². The van der Waals surface area contributed by atoms with Crippen molar-refractivity contribution in [3.05, 3.63) is 23.2 Å². The van der Waals surface area contributed by atoms with Gasteiger partial charge in [0.2, 0.25) is 5.88 Å². The quantitative estimate of drug-likeness (QED) is 0.917. The SMILES string of the molecule is COc1ccc(-c2nc(C3CCCN3)cs2)nn1. The molecule has 0 aliphatic carbocycles. The number of thiazole rings is 1. The Morgan fingerprint density at radius 2 is 2.33 bits per heavy atom. The van der Waals surface area contributed by atoms with E-state index in [0.717, 1.165) is 29.4 Å². The molecule has 1 unspecified atom stereocenters. The highest BCUT2D eigenvalue weighted by molar-refractivity contribution is 7.13. The molecule has 0 spiro atoms. The van der Waals surface area contributed by atoms with E-state index in [0.29, 0.717) is 11.9 Å². The van der Waals surface area contributed by atoms with Crippen LogP contribution in [0.4, 0.5) is 0 Å². The Morgan fingerprint density at radius 3 is 3.00 bits per heavy atom. The van der Waals surface area contributed by atoms with Crippen molar-refractivity contribution in [3.63, 3.8) is 0 Å². The van der Waals surface area contributed by atoms with Crippen LogP contribution in [-0.2, 0) is 0 Å². The second-order valence-corrected chi connectivity index (χ2v) is 5.05. The van der Waals surface area contributed by atoms with Crippen molar-refractivity contribution in [1.82, 2.24) is 20.5 Å². The highest BCUT2D eigenvalue weighted by atomic mass is 32.1. The molecule has 6 heteroatoms. The van der Waals surface area contributed by atoms with E-state index in [4.69, 9.17) is 4.74 Å². The van der Waals surface area contributed by atoms with Gasteiger partial charge in [0, 0.05) is 11.4 Å². The number of hydrogen-bond donors (Lipinski definition) is 1. The average Bonchev–Trinajstić information content (AvgIpc) is 3.09. The van der Waals surface area contributed by atoms with Gasteiger partial charge >= 0.3 is 0 Å². The first-order chi connectivity index (χ1) is 8.86. The molecule has 1 fully saturated rings. The van der Waals surface area contributed by atoms with Gasteiger partial charge in [-0.1, -0.05) is 0 Å². The summed E-state index contributed by atoms with van der Waals surface area (Å²) in [6, 6.07) is 4.09. The van der Waals surface area contributed by atoms with Crippen LogP contribution in [0.3, 0.4) is 0 Å². The Labute approximate surface area is 109 Å². The van der Waals surface area contributed by atoms with Gasteiger partial charge in [0.15, 0.2) is 0 Å². The van der Waals surface area contributed by atoms with Gasteiger partial charge in [0.1, 0.15) is 10.7 Å². The molecule has 3 rings (SSSR count). The van der Waals surface area contributed by atoms with Crippen LogP contribution in [-0.4, -0.2) is 28.8 Å². The summed E-state index contributed by atoms with van der Waals surface area (Å²) in [5, 5.41) is 14.5. The summed E-state index contributed by atoms with van der Waals surface area (Å²) in [4.78, 5) is 4.63. The molecule has 0 radical (unpaired) electrons. The minimum atomic E-state index is 0.404. The third-order valence-electron chi connectivity index (χ3n) is 3.01. The molecule has 1 N–H and O–H groups in total. The molecule has 0 saturated carbocycles. The number of rotatable bonds is 3. The third-order valence-corrected chi connectivity index (χ3v) is 3.89. The molecule has 1 saturated heterocycles. The van der Waals surface area contributed by atoms with E-state index >= 15 is 0 Å². The van der Waals surface area contributed by atoms with E-state index in [1.54, 1.807) is 24.5 Å². The first-order valence-electron chi connectivity index (χ1n) is 5.94. The van der Waals surface area contributed by atoms with E-state index < -0.39 is 0 Å². The molecule has 18 heavy (non-hydrogen) atoms. The largest absolute Gasteiger partial charge is 0.480 e. The highest BCUT2D eigenvalue weighted by Crippen LogP contribution is 2.28. The van der Waals surface area contributed by atoms with E-state index in [-0.39, 0.29) is 0 Å². The monoisotopic (exact) mass is 262 g/mol. The van der Waals surface area contributed by atoms with Crippen LogP contribution in [0.15, 0.2) is 17.5 Å². The van der Waals surface area contributed by atoms with E-state index in [1.165, 1.54) is 6.42 Å². The Balaban J connectivity index is 1.82. The van der Waals surface area contributed by atoms with Gasteiger partial charge in [-0.05, 0) is 25.5 Å². The summed E-state index contributed by atoms with van der Waals surface area (Å²) < 4.78 is 4.99. The van der Waals surface area contributed by atoms with Crippen molar-refractivity contribution in [2.24, 2.45) is 0 Å². The van der Waals surface area contributed by atoms with Gasteiger partial charge in [-0.2, -0.15) is 0 Å². The summed E-state index contributed by atoms with van der Waals surface area (Å²) >= 11 is 1.61. The molecule has 2 aromatic rings. The average molecular weight is 262 g/mol. The van der Waals surface area contributed by atoms with Gasteiger partial charge in [-0.3, -0.25) is 0 Å². The van der Waals surface area contributed by atoms with Crippen LogP contribution in [0.5, 0.6) is 5.88 Å². The molecular weight excluding hydrogens is 248 g/mol. The minimum Gasteiger partial charge on any atom is -0.480 e. The molecule has 1 aliphatic heterocycles. The lowest BCUT2D eigenvalue weighted by atomic mass is 10.2. The van der Waals surface area contributed by atoms with Gasteiger partial charge in [-0.15, -0.1) is 21.5 Å². The molecule has 0 amide bonds. The fourth-order valence-electron chi connectivity index (χ4n) is 2.04. The maximum absolute atomic E-state index is 4.99. The fourth-order valence-corrected chi connectivity index (χ4v) is 2.88. The Hall–Kier alpha value is -1.53. The predicted octanol–water partition coefficient (Wildman–Crippen LogP) is 2.03. The minimum absolute atomic E-state index is 0.404. The number of nitrogens with zero attached hydrogens (tertiary/aromatic N) is 3. The molecule has 1 atom stereocenters. The summed E-state index contributed by atoms with van der Waals surface area (Å²) in [7, 11) is 1.58. The van der Waals surface area contributed by atoms with Crippen molar-refractivity contribution >= 4 is 11.3 Å². The Kier molecular flexibility index (Phi) is 3.21. The first kappa shape index (κ1) is 11.6. The summed E-state index contributed by atoms with van der Waals surface area (Å²) in [6.45, 7) is 1.08. The van der Waals surface area contributed by atoms with Crippen LogP contribution >= 0.6 is 11.3 Å². The van der Waals surface area contributed by atoms with Crippen LogP contribution in [0.1, 0.15) is 24.6 Å². The molecule has 3 heterocycles. The second kappa shape index (κ2) is 4.99. The van der Waals surface area contributed by atoms with Crippen molar-refractivity contribution in [3.8, 4) is 16.6 Å². The van der Waals surface area contributed by atoms with Crippen molar-refractivity contribution in [2.45, 2.75) is 18.9 Å². The zero-order chi connectivity index (χ0) is 12.4. The third kappa shape index (κ3) is 2.21. The molecule has 0 bridgehead atoms. The van der Waals surface area contributed by atoms with Gasteiger partial charge in [0.05, 0.1) is 18.8 Å². The van der Waals surface area contributed by atoms with E-state index in [1.807, 2.05) is 6.07 Å². The zero-order valence-electron chi connectivity index (χ0n) is 10.1. The van der Waals surface area contributed by atoms with E-state index in [2.05, 4.69) is 25.9 Å². The molecule has 1 aliphatic rings. The number of methoxy groups -OCH3 is 1. The predicted molar refractivity (Wildman–Crippen MR) is 69.7 cm³/mol. The Bertz CT molecular complexity index is 519. The highest BCUT2D eigenvalue weighted by Gasteiger charge is 2.19. The van der Waals surface area contributed by atoms with Crippen molar-refractivity contribution in [1.29, 1.82) is 0 Å². The van der Waals surface area contributed by atoms with Gasteiger partial charge in [0.25, 0.3) is 0 Å². The molecular formula is C12H14N4OS. The number of aromatic nitrogens is 3. The topological polar surface area (TPSA) is 59.9 Å². The maximum atomic E-state index is 4.99. The Morgan fingerprint density at radius 1 is 1.39 bits per heavy atom. The number of nitrogens with one attached hydrogen (secondary N) is 1. The van der Waals surface area contributed by atoms with Gasteiger partial charge in [-0.25, -0.2) is 4.98 Å².